The third-order valence-electron chi connectivity index (χ3n) is 8.75. The molecule has 1 aliphatic rings. The van der Waals surface area contributed by atoms with Gasteiger partial charge in [0.15, 0.2) is 0 Å². The fourth-order valence-electron chi connectivity index (χ4n) is 5.25. The molecule has 0 bridgehead atoms. The quantitative estimate of drug-likeness (QED) is 0.467. The van der Waals surface area contributed by atoms with E-state index in [1.54, 1.807) is 16.7 Å². The van der Waals surface area contributed by atoms with Crippen LogP contribution in [0.25, 0.3) is 0 Å². The number of hydrogen-bond donors (Lipinski definition) is 0. The van der Waals surface area contributed by atoms with Gasteiger partial charge >= 0.3 is 0 Å². The summed E-state index contributed by atoms with van der Waals surface area (Å²) in [4.78, 5) is 0. The molecular formula is C30H46. The SMILES string of the molecule is Cc1c(C)c(C)c(C)c(C)c1C.Cc1c(C)c(C)c(CC2CCCCC2)c(C)c1C. The first-order valence-corrected chi connectivity index (χ1v) is 12.1. The van der Waals surface area contributed by atoms with Gasteiger partial charge in [0, 0.05) is 0 Å². The van der Waals surface area contributed by atoms with E-state index in [4.69, 9.17) is 0 Å². The Morgan fingerprint density at radius 1 is 0.400 bits per heavy atom. The van der Waals surface area contributed by atoms with Gasteiger partial charge in [-0.15, -0.1) is 0 Å². The first-order chi connectivity index (χ1) is 14.0. The molecule has 0 saturated heterocycles. The highest BCUT2D eigenvalue weighted by Gasteiger charge is 2.18. The van der Waals surface area contributed by atoms with Crippen LogP contribution in [-0.4, -0.2) is 0 Å². The van der Waals surface area contributed by atoms with Crippen molar-refractivity contribution in [2.75, 3.05) is 0 Å². The molecule has 0 heteroatoms. The zero-order valence-electron chi connectivity index (χ0n) is 21.8. The van der Waals surface area contributed by atoms with E-state index in [0.29, 0.717) is 0 Å². The maximum Gasteiger partial charge on any atom is -0.0245 e. The van der Waals surface area contributed by atoms with Crippen LogP contribution in [0, 0.1) is 82.1 Å². The molecule has 1 fully saturated rings. The van der Waals surface area contributed by atoms with E-state index in [1.165, 1.54) is 88.6 Å². The highest BCUT2D eigenvalue weighted by Crippen LogP contribution is 2.32. The standard InChI is InChI=1S/C18H28.C12H18/c1-12-13(2)15(4)18(16(5)14(12)3)11-17-9-7-6-8-10-17;1-7-8(2)10(4)12(6)11(5)9(7)3/h17H,6-11H2,1-5H3;1-6H3. The number of rotatable bonds is 2. The van der Waals surface area contributed by atoms with E-state index >= 15 is 0 Å². The average Bonchev–Trinajstić information content (AvgIpc) is 2.76. The summed E-state index contributed by atoms with van der Waals surface area (Å²) in [5.74, 6) is 0.942. The maximum absolute atomic E-state index is 2.33. The van der Waals surface area contributed by atoms with Gasteiger partial charge in [-0.05, 0) is 155 Å². The molecule has 1 saturated carbocycles. The van der Waals surface area contributed by atoms with Gasteiger partial charge in [0.1, 0.15) is 0 Å². The molecule has 0 radical (unpaired) electrons. The fraction of sp³-hybridized carbons (Fsp3) is 0.600. The summed E-state index contributed by atoms with van der Waals surface area (Å²) in [7, 11) is 0. The number of benzene rings is 2. The number of hydrogen-bond acceptors (Lipinski definition) is 0. The first kappa shape index (κ1) is 24.7. The van der Waals surface area contributed by atoms with Gasteiger partial charge in [-0.3, -0.25) is 0 Å². The van der Waals surface area contributed by atoms with E-state index in [-0.39, 0.29) is 0 Å². The Hall–Kier alpha value is -1.56. The molecule has 0 heterocycles. The minimum absolute atomic E-state index is 0.942. The van der Waals surface area contributed by atoms with Crippen molar-refractivity contribution in [2.45, 2.75) is 115 Å². The first-order valence-electron chi connectivity index (χ1n) is 12.1. The van der Waals surface area contributed by atoms with Crippen LogP contribution in [0.2, 0.25) is 0 Å². The predicted molar refractivity (Wildman–Crippen MR) is 135 cm³/mol. The van der Waals surface area contributed by atoms with Crippen LogP contribution in [0.1, 0.15) is 98.9 Å². The monoisotopic (exact) mass is 406 g/mol. The Balaban J connectivity index is 0.000000232. The lowest BCUT2D eigenvalue weighted by Gasteiger charge is -2.25. The van der Waals surface area contributed by atoms with Gasteiger partial charge in [-0.1, -0.05) is 32.1 Å². The van der Waals surface area contributed by atoms with Gasteiger partial charge in [-0.25, -0.2) is 0 Å². The predicted octanol–water partition coefficient (Wildman–Crippen LogP) is 8.89. The normalized spacial score (nSPS) is 14.5. The molecule has 3 rings (SSSR count). The smallest absolute Gasteiger partial charge is 0.0245 e. The molecule has 0 aliphatic heterocycles. The molecular weight excluding hydrogens is 360 g/mol. The van der Waals surface area contributed by atoms with E-state index in [9.17, 15) is 0 Å². The molecule has 0 aromatic heterocycles. The molecule has 0 atom stereocenters. The summed E-state index contributed by atoms with van der Waals surface area (Å²) in [5, 5.41) is 0. The molecule has 0 amide bonds. The molecule has 30 heavy (non-hydrogen) atoms. The van der Waals surface area contributed by atoms with Crippen LogP contribution < -0.4 is 0 Å². The molecule has 0 nitrogen and oxygen atoms in total. The molecule has 2 aromatic carbocycles. The van der Waals surface area contributed by atoms with Crippen LogP contribution >= 0.6 is 0 Å². The topological polar surface area (TPSA) is 0 Å². The zero-order chi connectivity index (χ0) is 22.7. The van der Waals surface area contributed by atoms with Crippen molar-refractivity contribution in [1.82, 2.24) is 0 Å². The second-order valence-corrected chi connectivity index (χ2v) is 10.1. The molecule has 2 aromatic rings. The summed E-state index contributed by atoms with van der Waals surface area (Å²) in [6.07, 6.45) is 8.58. The summed E-state index contributed by atoms with van der Waals surface area (Å²) in [5.41, 5.74) is 18.0. The Kier molecular flexibility index (Phi) is 8.37. The Morgan fingerprint density at radius 2 is 0.667 bits per heavy atom. The summed E-state index contributed by atoms with van der Waals surface area (Å²) in [6.45, 7) is 24.8. The van der Waals surface area contributed by atoms with E-state index in [1.807, 2.05) is 0 Å². The lowest BCUT2D eigenvalue weighted by Crippen LogP contribution is -2.12. The molecule has 166 valence electrons. The van der Waals surface area contributed by atoms with Crippen molar-refractivity contribution in [3.8, 4) is 0 Å². The summed E-state index contributed by atoms with van der Waals surface area (Å²) < 4.78 is 0. The Morgan fingerprint density at radius 3 is 0.967 bits per heavy atom. The Labute approximate surface area is 187 Å². The van der Waals surface area contributed by atoms with Crippen LogP contribution in [-0.2, 0) is 6.42 Å². The van der Waals surface area contributed by atoms with Crippen LogP contribution in [0.15, 0.2) is 0 Å². The van der Waals surface area contributed by atoms with Crippen molar-refractivity contribution >= 4 is 0 Å². The third kappa shape index (κ3) is 5.01. The zero-order valence-corrected chi connectivity index (χ0v) is 21.8. The van der Waals surface area contributed by atoms with Crippen molar-refractivity contribution in [3.05, 3.63) is 66.8 Å². The lowest BCUT2D eigenvalue weighted by atomic mass is 9.80. The van der Waals surface area contributed by atoms with Crippen molar-refractivity contribution in [3.63, 3.8) is 0 Å². The van der Waals surface area contributed by atoms with E-state index < -0.39 is 0 Å². The molecule has 1 aliphatic carbocycles. The summed E-state index contributed by atoms with van der Waals surface area (Å²) in [6, 6.07) is 0. The van der Waals surface area contributed by atoms with Crippen LogP contribution in [0.5, 0.6) is 0 Å². The van der Waals surface area contributed by atoms with Gasteiger partial charge in [0.25, 0.3) is 0 Å². The molecule has 0 spiro atoms. The summed E-state index contributed by atoms with van der Waals surface area (Å²) >= 11 is 0. The van der Waals surface area contributed by atoms with Gasteiger partial charge in [-0.2, -0.15) is 0 Å². The minimum atomic E-state index is 0.942. The minimum Gasteiger partial charge on any atom is -0.0533 e. The van der Waals surface area contributed by atoms with Gasteiger partial charge in [0.2, 0.25) is 0 Å². The van der Waals surface area contributed by atoms with E-state index in [0.717, 1.165) is 5.92 Å². The Bertz CT molecular complexity index is 771. The second kappa shape index (κ2) is 10.2. The largest absolute Gasteiger partial charge is 0.0533 e. The van der Waals surface area contributed by atoms with E-state index in [2.05, 4.69) is 76.2 Å². The lowest BCUT2D eigenvalue weighted by molar-refractivity contribution is 0.356. The van der Waals surface area contributed by atoms with Crippen molar-refractivity contribution < 1.29 is 0 Å². The highest BCUT2D eigenvalue weighted by molar-refractivity contribution is 5.50. The molecule has 0 N–H and O–H groups in total. The average molecular weight is 407 g/mol. The maximum atomic E-state index is 2.33. The molecule has 0 unspecified atom stereocenters. The van der Waals surface area contributed by atoms with Crippen LogP contribution in [0.3, 0.4) is 0 Å². The van der Waals surface area contributed by atoms with Crippen molar-refractivity contribution in [1.29, 1.82) is 0 Å². The third-order valence-corrected chi connectivity index (χ3v) is 8.75. The van der Waals surface area contributed by atoms with Gasteiger partial charge < -0.3 is 0 Å². The van der Waals surface area contributed by atoms with Crippen LogP contribution in [0.4, 0.5) is 0 Å². The van der Waals surface area contributed by atoms with Gasteiger partial charge in [0.05, 0.1) is 0 Å². The second-order valence-electron chi connectivity index (χ2n) is 10.1. The van der Waals surface area contributed by atoms with Crippen molar-refractivity contribution in [2.24, 2.45) is 5.92 Å². The fourth-order valence-corrected chi connectivity index (χ4v) is 5.25. The highest BCUT2D eigenvalue weighted by atomic mass is 14.2.